The number of piperazine rings is 1. The summed E-state index contributed by atoms with van der Waals surface area (Å²) in [6.45, 7) is 5.66. The van der Waals surface area contributed by atoms with Gasteiger partial charge in [0.15, 0.2) is 0 Å². The molecule has 0 spiro atoms. The van der Waals surface area contributed by atoms with E-state index in [1.807, 2.05) is 34.1 Å². The Balaban J connectivity index is 1.35. The maximum Gasteiger partial charge on any atom is 0.227 e. The predicted molar refractivity (Wildman–Crippen MR) is 119 cm³/mol. The van der Waals surface area contributed by atoms with Crippen molar-refractivity contribution in [3.8, 4) is 5.75 Å². The van der Waals surface area contributed by atoms with E-state index in [0.29, 0.717) is 39.1 Å². The molecule has 0 aliphatic carbocycles. The van der Waals surface area contributed by atoms with Gasteiger partial charge in [-0.15, -0.1) is 0 Å². The Bertz CT molecular complexity index is 925. The van der Waals surface area contributed by atoms with E-state index in [2.05, 4.69) is 9.27 Å². The molecule has 2 fully saturated rings. The number of rotatable bonds is 5. The second-order valence-electron chi connectivity index (χ2n) is 8.14. The lowest BCUT2D eigenvalue weighted by atomic mass is 9.96. The summed E-state index contributed by atoms with van der Waals surface area (Å²) >= 11 is 1.40. The minimum Gasteiger partial charge on any atom is -0.497 e. The number of piperidine rings is 1. The Labute approximate surface area is 187 Å². The summed E-state index contributed by atoms with van der Waals surface area (Å²) in [4.78, 5) is 35.3. The van der Waals surface area contributed by atoms with Gasteiger partial charge in [0.2, 0.25) is 16.9 Å². The smallest absolute Gasteiger partial charge is 0.227 e. The van der Waals surface area contributed by atoms with Crippen molar-refractivity contribution in [2.45, 2.75) is 26.2 Å². The van der Waals surface area contributed by atoms with Crippen LogP contribution in [-0.2, 0) is 16.0 Å². The van der Waals surface area contributed by atoms with E-state index in [4.69, 9.17) is 9.72 Å². The molecule has 0 radical (unpaired) electrons. The van der Waals surface area contributed by atoms with Crippen LogP contribution >= 0.6 is 11.5 Å². The number of hydrogen-bond donors (Lipinski definition) is 0. The van der Waals surface area contributed by atoms with Crippen LogP contribution < -0.4 is 9.64 Å². The zero-order valence-corrected chi connectivity index (χ0v) is 18.9. The molecule has 2 aliphatic rings. The largest absolute Gasteiger partial charge is 0.497 e. The van der Waals surface area contributed by atoms with Crippen LogP contribution in [0.2, 0.25) is 0 Å². The second-order valence-corrected chi connectivity index (χ2v) is 8.87. The summed E-state index contributed by atoms with van der Waals surface area (Å²) in [7, 11) is 1.66. The maximum atomic E-state index is 13.1. The third-order valence-corrected chi connectivity index (χ3v) is 6.85. The molecule has 1 unspecified atom stereocenters. The molecule has 1 aromatic heterocycles. The standard InChI is InChI=1S/C22H29N5O3S/c1-16(28)25-9-11-26(12-10-25)21(29)18-6-4-8-27(15-18)22-23-20(24-31-22)14-17-5-3-7-19(13-17)30-2/h3,5,7,13,18H,4,6,8-12,14-15H2,1-2H3. The minimum absolute atomic E-state index is 0.0247. The van der Waals surface area contributed by atoms with Crippen LogP contribution in [0.5, 0.6) is 5.75 Å². The first kappa shape index (κ1) is 21.5. The Morgan fingerprint density at radius 2 is 1.94 bits per heavy atom. The third kappa shape index (κ3) is 5.15. The topological polar surface area (TPSA) is 78.9 Å². The zero-order chi connectivity index (χ0) is 21.8. The van der Waals surface area contributed by atoms with Crippen LogP contribution in [0.4, 0.5) is 5.13 Å². The molecule has 2 saturated heterocycles. The number of amides is 2. The number of methoxy groups -OCH3 is 1. The molecule has 2 aromatic rings. The number of aromatic nitrogens is 2. The molecule has 3 heterocycles. The first-order valence-electron chi connectivity index (χ1n) is 10.8. The van der Waals surface area contributed by atoms with Gasteiger partial charge in [-0.05, 0) is 30.5 Å². The van der Waals surface area contributed by atoms with E-state index in [9.17, 15) is 9.59 Å². The highest BCUT2D eigenvalue weighted by molar-refractivity contribution is 7.09. The van der Waals surface area contributed by atoms with Crippen molar-refractivity contribution in [3.63, 3.8) is 0 Å². The van der Waals surface area contributed by atoms with Crippen molar-refractivity contribution in [2.24, 2.45) is 5.92 Å². The molecule has 31 heavy (non-hydrogen) atoms. The lowest BCUT2D eigenvalue weighted by Gasteiger charge is -2.38. The Morgan fingerprint density at radius 3 is 2.68 bits per heavy atom. The molecule has 1 aromatic carbocycles. The van der Waals surface area contributed by atoms with Crippen LogP contribution in [-0.4, -0.2) is 77.4 Å². The summed E-state index contributed by atoms with van der Waals surface area (Å²) in [6.07, 6.45) is 2.52. The van der Waals surface area contributed by atoms with E-state index >= 15 is 0 Å². The zero-order valence-electron chi connectivity index (χ0n) is 18.1. The Morgan fingerprint density at radius 1 is 1.16 bits per heavy atom. The minimum atomic E-state index is -0.0247. The second kappa shape index (κ2) is 9.64. The van der Waals surface area contributed by atoms with Crippen LogP contribution in [0.1, 0.15) is 31.2 Å². The summed E-state index contributed by atoms with van der Waals surface area (Å²) < 4.78 is 9.83. The monoisotopic (exact) mass is 443 g/mol. The number of carbonyl (C=O) groups is 2. The van der Waals surface area contributed by atoms with Crippen molar-refractivity contribution >= 4 is 28.5 Å². The van der Waals surface area contributed by atoms with Crippen molar-refractivity contribution in [3.05, 3.63) is 35.7 Å². The highest BCUT2D eigenvalue weighted by Crippen LogP contribution is 2.27. The third-order valence-electron chi connectivity index (χ3n) is 6.03. The maximum absolute atomic E-state index is 13.1. The average Bonchev–Trinajstić information content (AvgIpc) is 3.27. The number of hydrogen-bond acceptors (Lipinski definition) is 7. The lowest BCUT2D eigenvalue weighted by molar-refractivity contribution is -0.141. The molecule has 1 atom stereocenters. The quantitative estimate of drug-likeness (QED) is 0.704. The van der Waals surface area contributed by atoms with Gasteiger partial charge in [-0.1, -0.05) is 12.1 Å². The number of nitrogens with zero attached hydrogens (tertiary/aromatic N) is 5. The number of carbonyl (C=O) groups excluding carboxylic acids is 2. The summed E-state index contributed by atoms with van der Waals surface area (Å²) in [5.41, 5.74) is 1.11. The molecule has 9 heteroatoms. The van der Waals surface area contributed by atoms with E-state index in [1.54, 1.807) is 14.0 Å². The number of benzene rings is 1. The van der Waals surface area contributed by atoms with Gasteiger partial charge in [-0.2, -0.15) is 4.37 Å². The van der Waals surface area contributed by atoms with Crippen LogP contribution in [0, 0.1) is 5.92 Å². The first-order valence-corrected chi connectivity index (χ1v) is 11.6. The molecule has 0 saturated carbocycles. The van der Waals surface area contributed by atoms with Crippen molar-refractivity contribution in [2.75, 3.05) is 51.3 Å². The van der Waals surface area contributed by atoms with Gasteiger partial charge in [0.25, 0.3) is 0 Å². The van der Waals surface area contributed by atoms with E-state index in [0.717, 1.165) is 41.7 Å². The molecule has 2 aliphatic heterocycles. The summed E-state index contributed by atoms with van der Waals surface area (Å²) in [6, 6.07) is 7.94. The molecule has 8 nitrogen and oxygen atoms in total. The van der Waals surface area contributed by atoms with E-state index in [1.165, 1.54) is 11.5 Å². The molecule has 4 rings (SSSR count). The van der Waals surface area contributed by atoms with Crippen LogP contribution in [0.25, 0.3) is 0 Å². The van der Waals surface area contributed by atoms with Gasteiger partial charge < -0.3 is 19.4 Å². The van der Waals surface area contributed by atoms with Gasteiger partial charge in [-0.25, -0.2) is 4.98 Å². The highest BCUT2D eigenvalue weighted by atomic mass is 32.1. The van der Waals surface area contributed by atoms with Gasteiger partial charge in [0.1, 0.15) is 11.6 Å². The van der Waals surface area contributed by atoms with Crippen molar-refractivity contribution in [1.29, 1.82) is 0 Å². The molecule has 166 valence electrons. The number of anilines is 1. The fraction of sp³-hybridized carbons (Fsp3) is 0.545. The van der Waals surface area contributed by atoms with Crippen LogP contribution in [0.3, 0.4) is 0 Å². The fourth-order valence-corrected chi connectivity index (χ4v) is 4.98. The van der Waals surface area contributed by atoms with Gasteiger partial charge in [-0.3, -0.25) is 9.59 Å². The van der Waals surface area contributed by atoms with Crippen LogP contribution in [0.15, 0.2) is 24.3 Å². The van der Waals surface area contributed by atoms with Gasteiger partial charge in [0.05, 0.1) is 13.0 Å². The SMILES string of the molecule is COc1cccc(Cc2nsc(N3CCCC(C(=O)N4CCN(C(C)=O)CC4)C3)n2)c1. The highest BCUT2D eigenvalue weighted by Gasteiger charge is 2.32. The van der Waals surface area contributed by atoms with Gasteiger partial charge >= 0.3 is 0 Å². The molecule has 2 amide bonds. The molecule has 0 bridgehead atoms. The van der Waals surface area contributed by atoms with Crippen molar-refractivity contribution < 1.29 is 14.3 Å². The lowest BCUT2D eigenvalue weighted by Crippen LogP contribution is -2.53. The Kier molecular flexibility index (Phi) is 6.70. The Hall–Kier alpha value is -2.68. The first-order chi connectivity index (χ1) is 15.0. The molecule has 0 N–H and O–H groups in total. The average molecular weight is 444 g/mol. The van der Waals surface area contributed by atoms with Crippen molar-refractivity contribution in [1.82, 2.24) is 19.2 Å². The van der Waals surface area contributed by atoms with E-state index in [-0.39, 0.29) is 17.7 Å². The van der Waals surface area contributed by atoms with Gasteiger partial charge in [0, 0.05) is 64.1 Å². The predicted octanol–water partition coefficient (Wildman–Crippen LogP) is 2.04. The normalized spacial score (nSPS) is 19.4. The fourth-order valence-electron chi connectivity index (χ4n) is 4.26. The summed E-state index contributed by atoms with van der Waals surface area (Å²) in [5, 5.41) is 0.886. The van der Waals surface area contributed by atoms with E-state index < -0.39 is 0 Å². The molecular weight excluding hydrogens is 414 g/mol. The molecular formula is C22H29N5O3S. The summed E-state index contributed by atoms with van der Waals surface area (Å²) in [5.74, 6) is 1.88. The number of ether oxygens (including phenoxy) is 1.